The molecule has 1 aromatic carbocycles. The second-order valence-corrected chi connectivity index (χ2v) is 3.64. The predicted octanol–water partition coefficient (Wildman–Crippen LogP) is 1.55. The molecule has 0 saturated carbocycles. The number of nitrogens with zero attached hydrogens (tertiary/aromatic N) is 3. The average molecular weight is 238 g/mol. The van der Waals surface area contributed by atoms with Gasteiger partial charge in [-0.25, -0.2) is 4.68 Å². The van der Waals surface area contributed by atoms with Crippen molar-refractivity contribution in [1.29, 1.82) is 0 Å². The van der Waals surface area contributed by atoms with Gasteiger partial charge in [-0.2, -0.15) is 0 Å². The lowest BCUT2D eigenvalue weighted by Gasteiger charge is -1.99. The van der Waals surface area contributed by atoms with Crippen molar-refractivity contribution >= 4 is 17.6 Å². The number of aliphatic carboxylic acids is 1. The van der Waals surface area contributed by atoms with Gasteiger partial charge in [-0.3, -0.25) is 4.79 Å². The maximum absolute atomic E-state index is 10.5. The van der Waals surface area contributed by atoms with E-state index >= 15 is 0 Å². The number of rotatable bonds is 3. The summed E-state index contributed by atoms with van der Waals surface area (Å²) in [4.78, 5) is 10.5. The van der Waals surface area contributed by atoms with E-state index in [9.17, 15) is 4.79 Å². The molecule has 0 spiro atoms. The number of aromatic nitrogens is 3. The monoisotopic (exact) mass is 237 g/mol. The topological polar surface area (TPSA) is 68.0 Å². The first-order chi connectivity index (χ1) is 7.65. The lowest BCUT2D eigenvalue weighted by molar-refractivity contribution is -0.136. The summed E-state index contributed by atoms with van der Waals surface area (Å²) in [5.74, 6) is -0.932. The Bertz CT molecular complexity index is 524. The quantitative estimate of drug-likeness (QED) is 0.880. The summed E-state index contributed by atoms with van der Waals surface area (Å²) < 4.78 is 1.49. The molecule has 0 fully saturated rings. The van der Waals surface area contributed by atoms with Crippen molar-refractivity contribution in [3.63, 3.8) is 0 Å². The molecule has 0 bridgehead atoms. The smallest absolute Gasteiger partial charge is 0.309 e. The molecule has 1 aromatic heterocycles. The van der Waals surface area contributed by atoms with Gasteiger partial charge in [0.15, 0.2) is 0 Å². The summed E-state index contributed by atoms with van der Waals surface area (Å²) in [6, 6.07) is 7.07. The molecule has 0 aliphatic carbocycles. The van der Waals surface area contributed by atoms with Gasteiger partial charge in [-0.1, -0.05) is 22.9 Å². The van der Waals surface area contributed by atoms with E-state index in [0.717, 1.165) is 5.69 Å². The highest BCUT2D eigenvalue weighted by atomic mass is 35.5. The van der Waals surface area contributed by atoms with Gasteiger partial charge in [-0.05, 0) is 18.2 Å². The van der Waals surface area contributed by atoms with E-state index in [4.69, 9.17) is 16.7 Å². The first-order valence-electron chi connectivity index (χ1n) is 4.54. The number of carboxylic acids is 1. The molecule has 0 radical (unpaired) electrons. The van der Waals surface area contributed by atoms with Crippen molar-refractivity contribution in [3.05, 3.63) is 41.2 Å². The highest BCUT2D eigenvalue weighted by Gasteiger charge is 2.06. The molecule has 0 aliphatic heterocycles. The van der Waals surface area contributed by atoms with Crippen LogP contribution in [-0.4, -0.2) is 26.1 Å². The Morgan fingerprint density at radius 2 is 2.31 bits per heavy atom. The van der Waals surface area contributed by atoms with E-state index in [0.29, 0.717) is 10.7 Å². The molecular formula is C10H8ClN3O2. The van der Waals surface area contributed by atoms with Crippen molar-refractivity contribution in [1.82, 2.24) is 15.0 Å². The Kier molecular flexibility index (Phi) is 2.87. The molecule has 2 aromatic rings. The molecule has 6 heteroatoms. The molecule has 0 saturated heterocycles. The van der Waals surface area contributed by atoms with Crippen LogP contribution in [0.3, 0.4) is 0 Å². The molecule has 16 heavy (non-hydrogen) atoms. The molecule has 5 nitrogen and oxygen atoms in total. The Morgan fingerprint density at radius 1 is 1.50 bits per heavy atom. The molecule has 0 aliphatic rings. The number of carboxylic acid groups (broad SMARTS) is 1. The second kappa shape index (κ2) is 4.32. The summed E-state index contributed by atoms with van der Waals surface area (Å²) >= 11 is 5.83. The van der Waals surface area contributed by atoms with Gasteiger partial charge < -0.3 is 5.11 Å². The van der Waals surface area contributed by atoms with Crippen molar-refractivity contribution in [3.8, 4) is 5.69 Å². The normalized spacial score (nSPS) is 10.3. The van der Waals surface area contributed by atoms with Gasteiger partial charge in [0.2, 0.25) is 0 Å². The molecule has 1 N–H and O–H groups in total. The van der Waals surface area contributed by atoms with E-state index in [2.05, 4.69) is 10.3 Å². The fourth-order valence-electron chi connectivity index (χ4n) is 1.28. The minimum Gasteiger partial charge on any atom is -0.481 e. The minimum absolute atomic E-state index is 0.138. The lowest BCUT2D eigenvalue weighted by atomic mass is 10.3. The van der Waals surface area contributed by atoms with Crippen LogP contribution in [0.15, 0.2) is 30.5 Å². The Hall–Kier alpha value is -1.88. The zero-order valence-corrected chi connectivity index (χ0v) is 8.92. The van der Waals surface area contributed by atoms with Crippen molar-refractivity contribution in [2.24, 2.45) is 0 Å². The van der Waals surface area contributed by atoms with Crippen LogP contribution in [0.5, 0.6) is 0 Å². The summed E-state index contributed by atoms with van der Waals surface area (Å²) in [7, 11) is 0. The summed E-state index contributed by atoms with van der Waals surface area (Å²) in [6.07, 6.45) is 1.43. The third-order valence-corrected chi connectivity index (χ3v) is 2.18. The number of hydrogen-bond acceptors (Lipinski definition) is 3. The van der Waals surface area contributed by atoms with Crippen molar-refractivity contribution in [2.45, 2.75) is 6.42 Å². The average Bonchev–Trinajstić information content (AvgIpc) is 2.65. The summed E-state index contributed by atoms with van der Waals surface area (Å²) in [6.45, 7) is 0. The Morgan fingerprint density at radius 3 is 3.00 bits per heavy atom. The van der Waals surface area contributed by atoms with E-state index in [-0.39, 0.29) is 6.42 Å². The minimum atomic E-state index is -0.932. The number of halogens is 1. The number of carbonyl (C=O) groups is 1. The van der Waals surface area contributed by atoms with Crippen molar-refractivity contribution < 1.29 is 9.90 Å². The largest absolute Gasteiger partial charge is 0.481 e. The van der Waals surface area contributed by atoms with Gasteiger partial charge >= 0.3 is 5.97 Å². The highest BCUT2D eigenvalue weighted by molar-refractivity contribution is 6.30. The molecule has 0 atom stereocenters. The maximum Gasteiger partial charge on any atom is 0.309 e. The molecular weight excluding hydrogens is 230 g/mol. The third-order valence-electron chi connectivity index (χ3n) is 1.95. The van der Waals surface area contributed by atoms with Crippen LogP contribution in [0, 0.1) is 0 Å². The summed E-state index contributed by atoms with van der Waals surface area (Å²) in [5.41, 5.74) is 1.16. The zero-order chi connectivity index (χ0) is 11.5. The fraction of sp³-hybridized carbons (Fsp3) is 0.100. The van der Waals surface area contributed by atoms with E-state index in [1.807, 2.05) is 6.07 Å². The predicted molar refractivity (Wildman–Crippen MR) is 57.7 cm³/mol. The van der Waals surface area contributed by atoms with Gasteiger partial charge in [0.25, 0.3) is 0 Å². The van der Waals surface area contributed by atoms with Gasteiger partial charge in [0, 0.05) is 5.02 Å². The van der Waals surface area contributed by atoms with Crippen molar-refractivity contribution in [2.75, 3.05) is 0 Å². The van der Waals surface area contributed by atoms with Gasteiger partial charge in [0.05, 0.1) is 24.0 Å². The van der Waals surface area contributed by atoms with Crippen LogP contribution in [-0.2, 0) is 11.2 Å². The first-order valence-corrected chi connectivity index (χ1v) is 4.92. The van der Waals surface area contributed by atoms with Crippen LogP contribution in [0.4, 0.5) is 0 Å². The van der Waals surface area contributed by atoms with Crippen LogP contribution >= 0.6 is 11.6 Å². The summed E-state index contributed by atoms with van der Waals surface area (Å²) in [5, 5.41) is 16.8. The van der Waals surface area contributed by atoms with E-state index in [1.54, 1.807) is 24.4 Å². The number of benzene rings is 1. The zero-order valence-electron chi connectivity index (χ0n) is 8.17. The van der Waals surface area contributed by atoms with Crippen LogP contribution in [0.2, 0.25) is 5.02 Å². The third kappa shape index (κ3) is 2.38. The molecule has 0 unspecified atom stereocenters. The van der Waals surface area contributed by atoms with Crippen LogP contribution in [0.25, 0.3) is 5.69 Å². The lowest BCUT2D eigenvalue weighted by Crippen LogP contribution is -1.99. The molecule has 2 rings (SSSR count). The van der Waals surface area contributed by atoms with E-state index < -0.39 is 5.97 Å². The Balaban J connectivity index is 2.28. The maximum atomic E-state index is 10.5. The fourth-order valence-corrected chi connectivity index (χ4v) is 1.46. The van der Waals surface area contributed by atoms with Gasteiger partial charge in [0.1, 0.15) is 0 Å². The second-order valence-electron chi connectivity index (χ2n) is 3.20. The van der Waals surface area contributed by atoms with E-state index in [1.165, 1.54) is 4.68 Å². The highest BCUT2D eigenvalue weighted by Crippen LogP contribution is 2.13. The van der Waals surface area contributed by atoms with Gasteiger partial charge in [-0.15, -0.1) is 5.10 Å². The standard InChI is InChI=1S/C10H8ClN3O2/c11-7-2-1-3-9(4-7)14-6-8(12-13-14)5-10(15)16/h1-4,6H,5H2,(H,15,16). The number of hydrogen-bond donors (Lipinski definition) is 1. The Labute approximate surface area is 96.3 Å². The molecule has 0 amide bonds. The first kappa shape index (κ1) is 10.6. The SMILES string of the molecule is O=C(O)Cc1cn(-c2cccc(Cl)c2)nn1. The van der Waals surface area contributed by atoms with Crippen LogP contribution in [0.1, 0.15) is 5.69 Å². The molecule has 1 heterocycles. The van der Waals surface area contributed by atoms with Crippen LogP contribution < -0.4 is 0 Å². The molecule has 82 valence electrons.